The average Bonchev–Trinajstić information content (AvgIpc) is 2.45. The molecule has 0 radical (unpaired) electrons. The smallest absolute Gasteiger partial charge is 0.242 e. The van der Waals surface area contributed by atoms with Crippen LogP contribution in [0.3, 0.4) is 0 Å². The predicted molar refractivity (Wildman–Crippen MR) is 84.9 cm³/mol. The van der Waals surface area contributed by atoms with E-state index in [0.717, 1.165) is 0 Å². The Bertz CT molecular complexity index is 489. The molecule has 0 bridgehead atoms. The highest BCUT2D eigenvalue weighted by Gasteiger charge is 2.16. The van der Waals surface area contributed by atoms with Crippen LogP contribution in [0.1, 0.15) is 20.8 Å². The molecule has 1 aromatic rings. The molecule has 1 aromatic carbocycles. The van der Waals surface area contributed by atoms with E-state index in [0.29, 0.717) is 35.3 Å². The molecule has 21 heavy (non-hydrogen) atoms. The third kappa shape index (κ3) is 4.73. The molecule has 6 heteroatoms. The standard InChI is InChI=1S/C15H25N3O3/c1-9(2)8-17-15(19)10(3)18-12-7-14(21-5)13(20-4)6-11(12)16/h6-7,9-10,18H,8,16H2,1-5H3,(H,17,19). The van der Waals surface area contributed by atoms with Crippen molar-refractivity contribution in [2.24, 2.45) is 5.92 Å². The number of ether oxygens (including phenoxy) is 2. The van der Waals surface area contributed by atoms with Gasteiger partial charge in [0.15, 0.2) is 11.5 Å². The van der Waals surface area contributed by atoms with Gasteiger partial charge in [-0.3, -0.25) is 4.79 Å². The van der Waals surface area contributed by atoms with Crippen LogP contribution in [0, 0.1) is 5.92 Å². The van der Waals surface area contributed by atoms with Crippen molar-refractivity contribution in [3.05, 3.63) is 12.1 Å². The predicted octanol–water partition coefficient (Wildman–Crippen LogP) is 1.86. The van der Waals surface area contributed by atoms with Crippen LogP contribution >= 0.6 is 0 Å². The summed E-state index contributed by atoms with van der Waals surface area (Å²) in [6.07, 6.45) is 0. The summed E-state index contributed by atoms with van der Waals surface area (Å²) in [5.74, 6) is 1.45. The van der Waals surface area contributed by atoms with Crippen molar-refractivity contribution in [2.75, 3.05) is 31.8 Å². The number of carbonyl (C=O) groups is 1. The molecule has 1 amide bonds. The second-order valence-electron chi connectivity index (χ2n) is 5.30. The maximum absolute atomic E-state index is 12.0. The maximum atomic E-state index is 12.0. The van der Waals surface area contributed by atoms with E-state index in [-0.39, 0.29) is 5.91 Å². The molecule has 0 aliphatic carbocycles. The van der Waals surface area contributed by atoms with Gasteiger partial charge >= 0.3 is 0 Å². The summed E-state index contributed by atoms with van der Waals surface area (Å²) in [4.78, 5) is 12.0. The molecule has 0 aliphatic heterocycles. The van der Waals surface area contributed by atoms with Crippen LogP contribution in [0.5, 0.6) is 11.5 Å². The van der Waals surface area contributed by atoms with Gasteiger partial charge in [-0.2, -0.15) is 0 Å². The van der Waals surface area contributed by atoms with E-state index >= 15 is 0 Å². The number of nitrogen functional groups attached to an aromatic ring is 1. The summed E-state index contributed by atoms with van der Waals surface area (Å²) in [5, 5.41) is 5.96. The van der Waals surface area contributed by atoms with E-state index in [4.69, 9.17) is 15.2 Å². The Kier molecular flexibility index (Phi) is 6.14. The first-order valence-electron chi connectivity index (χ1n) is 6.94. The lowest BCUT2D eigenvalue weighted by molar-refractivity contribution is -0.121. The van der Waals surface area contributed by atoms with E-state index in [9.17, 15) is 4.79 Å². The molecular formula is C15H25N3O3. The zero-order valence-corrected chi connectivity index (χ0v) is 13.3. The molecule has 0 heterocycles. The Labute approximate surface area is 126 Å². The van der Waals surface area contributed by atoms with Crippen LogP contribution < -0.4 is 25.8 Å². The van der Waals surface area contributed by atoms with Crippen LogP contribution in [-0.2, 0) is 4.79 Å². The Hall–Kier alpha value is -2.11. The Balaban J connectivity index is 2.80. The quantitative estimate of drug-likeness (QED) is 0.669. The average molecular weight is 295 g/mol. The number of hydrogen-bond donors (Lipinski definition) is 3. The van der Waals surface area contributed by atoms with Gasteiger partial charge in [-0.25, -0.2) is 0 Å². The number of benzene rings is 1. The van der Waals surface area contributed by atoms with Crippen molar-refractivity contribution < 1.29 is 14.3 Å². The van der Waals surface area contributed by atoms with Crippen LogP contribution in [0.2, 0.25) is 0 Å². The number of nitrogens with one attached hydrogen (secondary N) is 2. The highest BCUT2D eigenvalue weighted by Crippen LogP contribution is 2.35. The lowest BCUT2D eigenvalue weighted by Crippen LogP contribution is -2.39. The highest BCUT2D eigenvalue weighted by atomic mass is 16.5. The van der Waals surface area contributed by atoms with Gasteiger partial charge in [0, 0.05) is 18.7 Å². The normalized spacial score (nSPS) is 11.9. The van der Waals surface area contributed by atoms with E-state index in [1.807, 2.05) is 13.8 Å². The van der Waals surface area contributed by atoms with E-state index in [1.54, 1.807) is 33.3 Å². The summed E-state index contributed by atoms with van der Waals surface area (Å²) in [5.41, 5.74) is 7.10. The van der Waals surface area contributed by atoms with E-state index in [1.165, 1.54) is 0 Å². The van der Waals surface area contributed by atoms with Crippen LogP contribution in [0.15, 0.2) is 12.1 Å². The Morgan fingerprint density at radius 3 is 2.29 bits per heavy atom. The van der Waals surface area contributed by atoms with Gasteiger partial charge in [0.2, 0.25) is 5.91 Å². The molecule has 0 saturated heterocycles. The molecule has 4 N–H and O–H groups in total. The molecule has 1 unspecified atom stereocenters. The maximum Gasteiger partial charge on any atom is 0.242 e. The molecule has 118 valence electrons. The first-order chi connectivity index (χ1) is 9.88. The van der Waals surface area contributed by atoms with Gasteiger partial charge < -0.3 is 25.8 Å². The van der Waals surface area contributed by atoms with Crippen molar-refractivity contribution in [3.8, 4) is 11.5 Å². The number of amides is 1. The monoisotopic (exact) mass is 295 g/mol. The minimum absolute atomic E-state index is 0.0714. The van der Waals surface area contributed by atoms with Gasteiger partial charge in [-0.1, -0.05) is 13.8 Å². The first-order valence-corrected chi connectivity index (χ1v) is 6.94. The van der Waals surface area contributed by atoms with Crippen LogP contribution in [-0.4, -0.2) is 32.7 Å². The second kappa shape index (κ2) is 7.61. The fourth-order valence-electron chi connectivity index (χ4n) is 1.78. The van der Waals surface area contributed by atoms with Crippen LogP contribution in [0.25, 0.3) is 0 Å². The third-order valence-corrected chi connectivity index (χ3v) is 3.01. The summed E-state index contributed by atoms with van der Waals surface area (Å²) >= 11 is 0. The van der Waals surface area contributed by atoms with Gasteiger partial charge in [0.25, 0.3) is 0 Å². The molecule has 1 atom stereocenters. The van der Waals surface area contributed by atoms with Gasteiger partial charge in [-0.05, 0) is 12.8 Å². The van der Waals surface area contributed by atoms with Crippen molar-refractivity contribution in [3.63, 3.8) is 0 Å². The Morgan fingerprint density at radius 1 is 1.19 bits per heavy atom. The number of hydrogen-bond acceptors (Lipinski definition) is 5. The number of anilines is 2. The molecule has 1 rings (SSSR count). The molecular weight excluding hydrogens is 270 g/mol. The molecule has 6 nitrogen and oxygen atoms in total. The lowest BCUT2D eigenvalue weighted by atomic mass is 10.2. The summed E-state index contributed by atoms with van der Waals surface area (Å²) in [7, 11) is 3.10. The summed E-state index contributed by atoms with van der Waals surface area (Å²) < 4.78 is 10.4. The lowest BCUT2D eigenvalue weighted by Gasteiger charge is -2.19. The van der Waals surface area contributed by atoms with Crippen molar-refractivity contribution in [2.45, 2.75) is 26.8 Å². The number of carbonyl (C=O) groups excluding carboxylic acids is 1. The van der Waals surface area contributed by atoms with Crippen molar-refractivity contribution in [1.29, 1.82) is 0 Å². The SMILES string of the molecule is COc1cc(N)c(NC(C)C(=O)NCC(C)C)cc1OC. The second-order valence-corrected chi connectivity index (χ2v) is 5.30. The first kappa shape index (κ1) is 16.9. The molecule has 0 aromatic heterocycles. The third-order valence-electron chi connectivity index (χ3n) is 3.01. The summed E-state index contributed by atoms with van der Waals surface area (Å²) in [6.45, 7) is 6.52. The van der Waals surface area contributed by atoms with Crippen molar-refractivity contribution >= 4 is 17.3 Å². The fourth-order valence-corrected chi connectivity index (χ4v) is 1.78. The van der Waals surface area contributed by atoms with E-state index in [2.05, 4.69) is 10.6 Å². The zero-order valence-electron chi connectivity index (χ0n) is 13.3. The van der Waals surface area contributed by atoms with Gasteiger partial charge in [0.1, 0.15) is 6.04 Å². The largest absolute Gasteiger partial charge is 0.493 e. The van der Waals surface area contributed by atoms with Gasteiger partial charge in [-0.15, -0.1) is 0 Å². The van der Waals surface area contributed by atoms with Gasteiger partial charge in [0.05, 0.1) is 25.6 Å². The minimum Gasteiger partial charge on any atom is -0.493 e. The van der Waals surface area contributed by atoms with E-state index < -0.39 is 6.04 Å². The highest BCUT2D eigenvalue weighted by molar-refractivity contribution is 5.86. The summed E-state index contributed by atoms with van der Waals surface area (Å²) in [6, 6.07) is 2.99. The topological polar surface area (TPSA) is 85.6 Å². The number of methoxy groups -OCH3 is 2. The zero-order chi connectivity index (χ0) is 16.0. The fraction of sp³-hybridized carbons (Fsp3) is 0.533. The molecule has 0 fully saturated rings. The van der Waals surface area contributed by atoms with Crippen molar-refractivity contribution in [1.82, 2.24) is 5.32 Å². The molecule has 0 spiro atoms. The molecule has 0 saturated carbocycles. The Morgan fingerprint density at radius 2 is 1.76 bits per heavy atom. The minimum atomic E-state index is -0.399. The molecule has 0 aliphatic rings. The number of rotatable bonds is 7. The number of nitrogens with two attached hydrogens (primary N) is 1. The van der Waals surface area contributed by atoms with Crippen LogP contribution in [0.4, 0.5) is 11.4 Å².